The average molecular weight is 253 g/mol. The van der Waals surface area contributed by atoms with E-state index in [1.807, 2.05) is 12.1 Å². The first kappa shape index (κ1) is 12.2. The van der Waals surface area contributed by atoms with Crippen LogP contribution in [0.15, 0.2) is 54.6 Å². The van der Waals surface area contributed by atoms with Gasteiger partial charge in [0.05, 0.1) is 0 Å². The van der Waals surface area contributed by atoms with Crippen LogP contribution in [0.25, 0.3) is 11.1 Å². The summed E-state index contributed by atoms with van der Waals surface area (Å²) in [6.45, 7) is 1.89. The van der Waals surface area contributed by atoms with E-state index < -0.39 is 0 Å². The van der Waals surface area contributed by atoms with Gasteiger partial charge in [0, 0.05) is 6.04 Å². The Hall–Kier alpha value is -1.80. The van der Waals surface area contributed by atoms with E-state index in [2.05, 4.69) is 47.8 Å². The van der Waals surface area contributed by atoms with Crippen molar-refractivity contribution in [3.8, 4) is 16.9 Å². The van der Waals surface area contributed by atoms with E-state index in [0.29, 0.717) is 6.04 Å². The summed E-state index contributed by atoms with van der Waals surface area (Å²) in [5.74, 6) is 0.954. The van der Waals surface area contributed by atoms with Gasteiger partial charge in [-0.15, -0.1) is 0 Å². The molecule has 3 rings (SSSR count). The second-order valence-corrected chi connectivity index (χ2v) is 5.00. The van der Waals surface area contributed by atoms with Crippen molar-refractivity contribution in [1.82, 2.24) is 5.32 Å². The number of hydrogen-bond donors (Lipinski definition) is 1. The molecule has 1 fully saturated rings. The number of ether oxygens (including phenoxy) is 1. The predicted octanol–water partition coefficient (Wildman–Crippen LogP) is 3.48. The molecule has 1 saturated heterocycles. The number of hydrogen-bond acceptors (Lipinski definition) is 2. The van der Waals surface area contributed by atoms with Gasteiger partial charge >= 0.3 is 0 Å². The van der Waals surface area contributed by atoms with Gasteiger partial charge in [0.25, 0.3) is 0 Å². The molecule has 2 aromatic carbocycles. The third kappa shape index (κ3) is 3.15. The van der Waals surface area contributed by atoms with Gasteiger partial charge in [0.15, 0.2) is 0 Å². The Morgan fingerprint density at radius 1 is 1.00 bits per heavy atom. The van der Waals surface area contributed by atoms with E-state index in [1.54, 1.807) is 0 Å². The van der Waals surface area contributed by atoms with Crippen molar-refractivity contribution >= 4 is 0 Å². The summed E-state index contributed by atoms with van der Waals surface area (Å²) in [6, 6.07) is 19.2. The second kappa shape index (κ2) is 5.89. The van der Waals surface area contributed by atoms with Crippen LogP contribution in [0.3, 0.4) is 0 Å². The van der Waals surface area contributed by atoms with Crippen molar-refractivity contribution in [2.24, 2.45) is 0 Å². The quantitative estimate of drug-likeness (QED) is 0.900. The molecular formula is C17H19NO. The lowest BCUT2D eigenvalue weighted by Crippen LogP contribution is -2.28. The second-order valence-electron chi connectivity index (χ2n) is 5.00. The van der Waals surface area contributed by atoms with Crippen molar-refractivity contribution in [2.75, 3.05) is 13.2 Å². The summed E-state index contributed by atoms with van der Waals surface area (Å²) in [4.78, 5) is 0. The summed E-state index contributed by atoms with van der Waals surface area (Å²) in [6.07, 6.45) is 2.48. The van der Waals surface area contributed by atoms with E-state index in [4.69, 9.17) is 4.74 Å². The molecule has 1 N–H and O–H groups in total. The van der Waals surface area contributed by atoms with E-state index in [1.165, 1.54) is 24.0 Å². The minimum atomic E-state index is 0.514. The van der Waals surface area contributed by atoms with Crippen LogP contribution in [0.4, 0.5) is 0 Å². The number of rotatable bonds is 4. The van der Waals surface area contributed by atoms with Gasteiger partial charge in [-0.1, -0.05) is 42.5 Å². The fourth-order valence-corrected chi connectivity index (χ4v) is 2.49. The van der Waals surface area contributed by atoms with E-state index in [0.717, 1.165) is 18.9 Å². The molecule has 1 heterocycles. The van der Waals surface area contributed by atoms with Crippen LogP contribution in [-0.2, 0) is 0 Å². The molecule has 98 valence electrons. The largest absolute Gasteiger partial charge is 0.492 e. The van der Waals surface area contributed by atoms with Gasteiger partial charge in [0.2, 0.25) is 0 Å². The van der Waals surface area contributed by atoms with Crippen LogP contribution >= 0.6 is 0 Å². The Morgan fingerprint density at radius 3 is 2.63 bits per heavy atom. The molecule has 0 bridgehead atoms. The topological polar surface area (TPSA) is 21.3 Å². The lowest BCUT2D eigenvalue weighted by molar-refractivity contribution is 0.277. The number of benzene rings is 2. The maximum Gasteiger partial charge on any atom is 0.119 e. The highest BCUT2D eigenvalue weighted by Crippen LogP contribution is 2.23. The SMILES string of the molecule is c1ccc(-c2cccc(OC[C@H]3CCCN3)c2)cc1. The Kier molecular flexibility index (Phi) is 3.80. The smallest absolute Gasteiger partial charge is 0.119 e. The zero-order chi connectivity index (χ0) is 12.9. The van der Waals surface area contributed by atoms with Crippen molar-refractivity contribution in [3.05, 3.63) is 54.6 Å². The molecule has 1 atom stereocenters. The maximum absolute atomic E-state index is 5.89. The molecule has 2 nitrogen and oxygen atoms in total. The fraction of sp³-hybridized carbons (Fsp3) is 0.294. The molecule has 1 aliphatic rings. The van der Waals surface area contributed by atoms with E-state index in [-0.39, 0.29) is 0 Å². The Balaban J connectivity index is 1.69. The molecule has 19 heavy (non-hydrogen) atoms. The molecule has 2 heteroatoms. The Morgan fingerprint density at radius 2 is 1.84 bits per heavy atom. The minimum Gasteiger partial charge on any atom is -0.492 e. The first-order valence-electron chi connectivity index (χ1n) is 6.93. The molecule has 0 radical (unpaired) electrons. The summed E-state index contributed by atoms with van der Waals surface area (Å²) >= 11 is 0. The van der Waals surface area contributed by atoms with Crippen molar-refractivity contribution in [1.29, 1.82) is 0 Å². The molecule has 2 aromatic rings. The molecule has 0 aromatic heterocycles. The van der Waals surface area contributed by atoms with Crippen molar-refractivity contribution in [3.63, 3.8) is 0 Å². The zero-order valence-electron chi connectivity index (χ0n) is 11.0. The normalized spacial score (nSPS) is 18.4. The van der Waals surface area contributed by atoms with Crippen LogP contribution in [0.1, 0.15) is 12.8 Å². The zero-order valence-corrected chi connectivity index (χ0v) is 11.0. The third-order valence-electron chi connectivity index (χ3n) is 3.55. The molecule has 0 saturated carbocycles. The van der Waals surface area contributed by atoms with Gasteiger partial charge < -0.3 is 10.1 Å². The Labute approximate surface area is 114 Å². The first-order valence-corrected chi connectivity index (χ1v) is 6.93. The van der Waals surface area contributed by atoms with Crippen LogP contribution in [-0.4, -0.2) is 19.2 Å². The molecule has 0 amide bonds. The summed E-state index contributed by atoms with van der Waals surface area (Å²) in [5.41, 5.74) is 2.43. The molecule has 0 spiro atoms. The molecule has 0 aliphatic carbocycles. The first-order chi connectivity index (χ1) is 9.42. The Bertz CT molecular complexity index is 518. The van der Waals surface area contributed by atoms with Crippen LogP contribution in [0.5, 0.6) is 5.75 Å². The van der Waals surface area contributed by atoms with Crippen molar-refractivity contribution < 1.29 is 4.74 Å². The van der Waals surface area contributed by atoms with Gasteiger partial charge in [0.1, 0.15) is 12.4 Å². The van der Waals surface area contributed by atoms with E-state index >= 15 is 0 Å². The lowest BCUT2D eigenvalue weighted by atomic mass is 10.1. The van der Waals surface area contributed by atoms with Gasteiger partial charge in [-0.05, 0) is 42.6 Å². The minimum absolute atomic E-state index is 0.514. The maximum atomic E-state index is 5.89. The van der Waals surface area contributed by atoms with Gasteiger partial charge in [-0.25, -0.2) is 0 Å². The summed E-state index contributed by atoms with van der Waals surface area (Å²) in [7, 11) is 0. The van der Waals surface area contributed by atoms with Crippen LogP contribution in [0.2, 0.25) is 0 Å². The molecular weight excluding hydrogens is 234 g/mol. The highest BCUT2D eigenvalue weighted by atomic mass is 16.5. The molecule has 0 unspecified atom stereocenters. The lowest BCUT2D eigenvalue weighted by Gasteiger charge is -2.13. The standard InChI is InChI=1S/C17H19NO/c1-2-6-14(7-3-1)15-8-4-10-17(12-15)19-13-16-9-5-11-18-16/h1-4,6-8,10,12,16,18H,5,9,11,13H2/t16-/m1/s1. The number of nitrogens with one attached hydrogen (secondary N) is 1. The van der Waals surface area contributed by atoms with Gasteiger partial charge in [-0.3, -0.25) is 0 Å². The van der Waals surface area contributed by atoms with Crippen molar-refractivity contribution in [2.45, 2.75) is 18.9 Å². The predicted molar refractivity (Wildman–Crippen MR) is 78.4 cm³/mol. The molecule has 1 aliphatic heterocycles. The monoisotopic (exact) mass is 253 g/mol. The van der Waals surface area contributed by atoms with Crippen LogP contribution < -0.4 is 10.1 Å². The summed E-state index contributed by atoms with van der Waals surface area (Å²) < 4.78 is 5.89. The third-order valence-corrected chi connectivity index (χ3v) is 3.55. The highest BCUT2D eigenvalue weighted by Gasteiger charge is 2.14. The van der Waals surface area contributed by atoms with Crippen LogP contribution in [0, 0.1) is 0 Å². The van der Waals surface area contributed by atoms with E-state index in [9.17, 15) is 0 Å². The highest BCUT2D eigenvalue weighted by molar-refractivity contribution is 5.64. The average Bonchev–Trinajstić information content (AvgIpc) is 3.00. The summed E-state index contributed by atoms with van der Waals surface area (Å²) in [5, 5.41) is 3.45. The van der Waals surface area contributed by atoms with Gasteiger partial charge in [-0.2, -0.15) is 0 Å². The fourth-order valence-electron chi connectivity index (χ4n) is 2.49.